The van der Waals surface area contributed by atoms with E-state index in [9.17, 15) is 31.7 Å². The lowest BCUT2D eigenvalue weighted by Crippen LogP contribution is -2.23. The molecule has 3 aromatic rings. The van der Waals surface area contributed by atoms with Crippen molar-refractivity contribution in [3.8, 4) is 11.5 Å². The van der Waals surface area contributed by atoms with Gasteiger partial charge in [0.25, 0.3) is 9.84 Å². The molecule has 0 N–H and O–H groups in total. The topological polar surface area (TPSA) is 99.7 Å². The number of nitrogens with zero attached hydrogens (tertiary/aromatic N) is 1. The van der Waals surface area contributed by atoms with Gasteiger partial charge in [-0.2, -0.15) is 13.2 Å². The summed E-state index contributed by atoms with van der Waals surface area (Å²) >= 11 is 0. The number of halogens is 3. The van der Waals surface area contributed by atoms with Gasteiger partial charge in [0.15, 0.2) is 0 Å². The van der Waals surface area contributed by atoms with Gasteiger partial charge in [0.2, 0.25) is 5.75 Å². The predicted molar refractivity (Wildman–Crippen MR) is 99.3 cm³/mol. The standard InChI is InChI=1S/C19H14F3NO6S/c20-19(21,22)30(26,27)12-6-8-18(15(10-12)23(24)25)28-11-5-7-17-14(9-11)13-3-1-2-4-16(13)29-17/h5-10H,1-4H2. The van der Waals surface area contributed by atoms with E-state index in [0.717, 1.165) is 48.5 Å². The highest BCUT2D eigenvalue weighted by atomic mass is 32.2. The Labute approximate surface area is 168 Å². The number of fused-ring (bicyclic) bond motifs is 3. The zero-order valence-corrected chi connectivity index (χ0v) is 16.0. The van der Waals surface area contributed by atoms with Gasteiger partial charge in [0.1, 0.15) is 17.1 Å². The van der Waals surface area contributed by atoms with Crippen molar-refractivity contribution >= 4 is 26.5 Å². The van der Waals surface area contributed by atoms with Crippen LogP contribution in [0.1, 0.15) is 24.2 Å². The first-order valence-corrected chi connectivity index (χ1v) is 10.4. The van der Waals surface area contributed by atoms with Gasteiger partial charge < -0.3 is 9.15 Å². The molecule has 0 saturated heterocycles. The van der Waals surface area contributed by atoms with Crippen molar-refractivity contribution in [3.63, 3.8) is 0 Å². The van der Waals surface area contributed by atoms with Gasteiger partial charge in [-0.25, -0.2) is 8.42 Å². The highest BCUT2D eigenvalue weighted by Gasteiger charge is 2.47. The molecule has 0 fully saturated rings. The Morgan fingerprint density at radius 3 is 2.50 bits per heavy atom. The van der Waals surface area contributed by atoms with Crippen molar-refractivity contribution < 1.29 is 35.7 Å². The van der Waals surface area contributed by atoms with Crippen LogP contribution in [0.2, 0.25) is 0 Å². The van der Waals surface area contributed by atoms with E-state index >= 15 is 0 Å². The lowest BCUT2D eigenvalue weighted by molar-refractivity contribution is -0.385. The second kappa shape index (κ2) is 7.01. The molecule has 158 valence electrons. The van der Waals surface area contributed by atoms with Crippen LogP contribution in [-0.4, -0.2) is 18.8 Å². The van der Waals surface area contributed by atoms with Gasteiger partial charge in [-0.15, -0.1) is 0 Å². The lowest BCUT2D eigenvalue weighted by atomic mass is 9.96. The summed E-state index contributed by atoms with van der Waals surface area (Å²) in [5.41, 5.74) is -4.78. The number of alkyl halides is 3. The van der Waals surface area contributed by atoms with Crippen LogP contribution >= 0.6 is 0 Å². The molecule has 4 rings (SSSR count). The number of nitro benzene ring substituents is 1. The van der Waals surface area contributed by atoms with E-state index in [1.807, 2.05) is 0 Å². The highest BCUT2D eigenvalue weighted by Crippen LogP contribution is 2.39. The molecule has 11 heteroatoms. The largest absolute Gasteiger partial charge is 0.501 e. The molecule has 0 spiro atoms. The van der Waals surface area contributed by atoms with Crippen LogP contribution in [0.25, 0.3) is 11.0 Å². The third-order valence-corrected chi connectivity index (χ3v) is 6.38. The maximum atomic E-state index is 12.8. The number of furan rings is 1. The fourth-order valence-electron chi connectivity index (χ4n) is 3.46. The first-order chi connectivity index (χ1) is 14.1. The summed E-state index contributed by atoms with van der Waals surface area (Å²) in [5, 5.41) is 12.1. The summed E-state index contributed by atoms with van der Waals surface area (Å²) < 4.78 is 72.7. The Morgan fingerprint density at radius 1 is 1.07 bits per heavy atom. The number of ether oxygens (including phenoxy) is 1. The van der Waals surface area contributed by atoms with Gasteiger partial charge in [-0.05, 0) is 49.6 Å². The number of aryl methyl sites for hydroxylation is 2. The van der Waals surface area contributed by atoms with E-state index in [1.54, 1.807) is 12.1 Å². The molecule has 2 aromatic carbocycles. The number of hydrogen-bond donors (Lipinski definition) is 0. The maximum absolute atomic E-state index is 12.8. The zero-order valence-electron chi connectivity index (χ0n) is 15.2. The average molecular weight is 441 g/mol. The minimum absolute atomic E-state index is 0.214. The lowest BCUT2D eigenvalue weighted by Gasteiger charge is -2.11. The third kappa shape index (κ3) is 3.38. The van der Waals surface area contributed by atoms with Crippen LogP contribution < -0.4 is 4.74 Å². The van der Waals surface area contributed by atoms with Crippen molar-refractivity contribution in [2.45, 2.75) is 36.1 Å². The summed E-state index contributed by atoms with van der Waals surface area (Å²) in [4.78, 5) is 9.11. The Bertz CT molecular complexity index is 1260. The molecular weight excluding hydrogens is 427 g/mol. The number of benzene rings is 2. The van der Waals surface area contributed by atoms with Crippen LogP contribution in [0.15, 0.2) is 45.7 Å². The summed E-state index contributed by atoms with van der Waals surface area (Å²) in [6, 6.07) is 6.62. The molecular formula is C19H14F3NO6S. The normalized spacial score (nSPS) is 14.5. The van der Waals surface area contributed by atoms with Crippen molar-refractivity contribution in [1.29, 1.82) is 0 Å². The molecule has 1 aliphatic carbocycles. The molecule has 0 saturated carbocycles. The summed E-state index contributed by atoms with van der Waals surface area (Å²) in [5.74, 6) is 0.727. The zero-order chi connectivity index (χ0) is 21.7. The van der Waals surface area contributed by atoms with Gasteiger partial charge in [0, 0.05) is 23.4 Å². The second-order valence-electron chi connectivity index (χ2n) is 6.81. The van der Waals surface area contributed by atoms with E-state index in [1.165, 1.54) is 6.07 Å². The maximum Gasteiger partial charge on any atom is 0.501 e. The van der Waals surface area contributed by atoms with Gasteiger partial charge in [-0.1, -0.05) is 0 Å². The monoisotopic (exact) mass is 441 g/mol. The molecule has 0 bridgehead atoms. The average Bonchev–Trinajstić information content (AvgIpc) is 3.05. The summed E-state index contributed by atoms with van der Waals surface area (Å²) in [6.07, 6.45) is 3.68. The van der Waals surface area contributed by atoms with Crippen molar-refractivity contribution in [1.82, 2.24) is 0 Å². The Kier molecular flexibility index (Phi) is 4.72. The van der Waals surface area contributed by atoms with E-state index in [-0.39, 0.29) is 11.5 Å². The van der Waals surface area contributed by atoms with E-state index in [0.29, 0.717) is 17.7 Å². The summed E-state index contributed by atoms with van der Waals surface area (Å²) in [6.45, 7) is 0. The predicted octanol–water partition coefficient (Wildman–Crippen LogP) is 5.31. The van der Waals surface area contributed by atoms with Crippen LogP contribution in [0.3, 0.4) is 0 Å². The van der Waals surface area contributed by atoms with E-state index in [4.69, 9.17) is 9.15 Å². The first-order valence-electron chi connectivity index (χ1n) is 8.90. The number of nitro groups is 1. The molecule has 0 aliphatic heterocycles. The first kappa shape index (κ1) is 20.2. The molecule has 7 nitrogen and oxygen atoms in total. The highest BCUT2D eigenvalue weighted by molar-refractivity contribution is 7.92. The molecule has 1 aromatic heterocycles. The Morgan fingerprint density at radius 2 is 1.80 bits per heavy atom. The molecule has 1 aliphatic rings. The molecule has 0 amide bonds. The number of sulfone groups is 1. The van der Waals surface area contributed by atoms with Crippen molar-refractivity contribution in [3.05, 3.63) is 57.8 Å². The number of hydrogen-bond acceptors (Lipinski definition) is 6. The van der Waals surface area contributed by atoms with Crippen molar-refractivity contribution in [2.75, 3.05) is 0 Å². The smallest absolute Gasteiger partial charge is 0.461 e. The summed E-state index contributed by atoms with van der Waals surface area (Å²) in [7, 11) is -5.73. The molecule has 0 radical (unpaired) electrons. The van der Waals surface area contributed by atoms with Crippen LogP contribution in [0.5, 0.6) is 11.5 Å². The van der Waals surface area contributed by atoms with Crippen LogP contribution in [0.4, 0.5) is 18.9 Å². The minimum atomic E-state index is -5.73. The Hall–Kier alpha value is -3.08. The fraction of sp³-hybridized carbons (Fsp3) is 0.263. The molecule has 0 atom stereocenters. The molecule has 0 unspecified atom stereocenters. The van der Waals surface area contributed by atoms with Crippen molar-refractivity contribution in [2.24, 2.45) is 0 Å². The van der Waals surface area contributed by atoms with Crippen LogP contribution in [0, 0.1) is 10.1 Å². The van der Waals surface area contributed by atoms with E-state index < -0.39 is 30.9 Å². The molecule has 1 heterocycles. The van der Waals surface area contributed by atoms with Gasteiger partial charge in [0.05, 0.1) is 9.82 Å². The minimum Gasteiger partial charge on any atom is -0.461 e. The van der Waals surface area contributed by atoms with Gasteiger partial charge in [-0.3, -0.25) is 10.1 Å². The van der Waals surface area contributed by atoms with Gasteiger partial charge >= 0.3 is 11.2 Å². The third-order valence-electron chi connectivity index (χ3n) is 4.90. The van der Waals surface area contributed by atoms with Crippen LogP contribution in [-0.2, 0) is 22.7 Å². The SMILES string of the molecule is O=[N+]([O-])c1cc(S(=O)(=O)C(F)(F)F)ccc1Oc1ccc2oc3c(c2c1)CCCC3. The molecule has 30 heavy (non-hydrogen) atoms. The Balaban J connectivity index is 1.73. The quantitative estimate of drug-likeness (QED) is 0.402. The number of rotatable bonds is 4. The fourth-order valence-corrected chi connectivity index (χ4v) is 4.24. The van der Waals surface area contributed by atoms with E-state index in [2.05, 4.69) is 0 Å². The second-order valence-corrected chi connectivity index (χ2v) is 8.75.